The van der Waals surface area contributed by atoms with Crippen LogP contribution in [0.4, 0.5) is 43.5 Å². The van der Waals surface area contributed by atoms with Gasteiger partial charge in [-0.3, -0.25) is 28.1 Å². The minimum atomic E-state index is -4.97. The second-order valence-corrected chi connectivity index (χ2v) is 12.3. The van der Waals surface area contributed by atoms with Gasteiger partial charge in [0.15, 0.2) is 0 Å². The number of hydrogen-bond acceptors (Lipinski definition) is 8. The summed E-state index contributed by atoms with van der Waals surface area (Å²) in [5.74, 6) is -1.69. The Bertz CT molecular complexity index is 1740. The highest BCUT2D eigenvalue weighted by molar-refractivity contribution is 7.47. The largest absolute Gasteiger partial charge is 0.573 e. The Morgan fingerprint density at radius 2 is 1.60 bits per heavy atom. The second kappa shape index (κ2) is 11.8. The van der Waals surface area contributed by atoms with Crippen molar-refractivity contribution in [2.45, 2.75) is 59.5 Å². The van der Waals surface area contributed by atoms with Gasteiger partial charge in [-0.1, -0.05) is 0 Å². The molecule has 11 nitrogen and oxygen atoms in total. The van der Waals surface area contributed by atoms with Crippen molar-refractivity contribution < 1.29 is 54.4 Å². The summed E-state index contributed by atoms with van der Waals surface area (Å²) in [6.45, 7) is 6.11. The van der Waals surface area contributed by atoms with Crippen LogP contribution in [0.5, 0.6) is 5.75 Å². The molecule has 0 saturated heterocycles. The van der Waals surface area contributed by atoms with Crippen LogP contribution in [0.25, 0.3) is 0 Å². The second-order valence-electron chi connectivity index (χ2n) is 10.9. The molecule has 0 saturated carbocycles. The van der Waals surface area contributed by atoms with E-state index in [-0.39, 0.29) is 28.5 Å². The number of halogens is 6. The molecule has 1 aliphatic heterocycles. The number of phosphoric acid groups is 1. The van der Waals surface area contributed by atoms with Gasteiger partial charge in [0.25, 0.3) is 11.5 Å². The molecule has 1 atom stereocenters. The number of ether oxygens (including phenoxy) is 1. The van der Waals surface area contributed by atoms with E-state index in [0.29, 0.717) is 12.3 Å². The first-order chi connectivity index (χ1) is 20.6. The molecule has 244 valence electrons. The Morgan fingerprint density at radius 3 is 2.18 bits per heavy atom. The number of benzene rings is 1. The van der Waals surface area contributed by atoms with Gasteiger partial charge in [0.1, 0.15) is 25.0 Å². The number of anilines is 3. The van der Waals surface area contributed by atoms with Crippen LogP contribution in [0.1, 0.15) is 48.0 Å². The molecule has 0 fully saturated rings. The summed E-state index contributed by atoms with van der Waals surface area (Å²) < 4.78 is 107. The van der Waals surface area contributed by atoms with Crippen molar-refractivity contribution in [3.8, 4) is 5.75 Å². The fourth-order valence-corrected chi connectivity index (χ4v) is 5.53. The summed E-state index contributed by atoms with van der Waals surface area (Å²) in [5, 5.41) is 0. The summed E-state index contributed by atoms with van der Waals surface area (Å²) in [5.41, 5.74) is -3.08. The van der Waals surface area contributed by atoms with E-state index in [1.165, 1.54) is 51.7 Å². The number of pyridine rings is 2. The van der Waals surface area contributed by atoms with E-state index < -0.39 is 67.7 Å². The normalized spacial score (nSPS) is 15.6. The van der Waals surface area contributed by atoms with Crippen LogP contribution in [0.2, 0.25) is 0 Å². The number of nitrogens with zero attached hydrogens (tertiary/aromatic N) is 4. The number of carbonyl (C=O) groups is 1. The first-order valence-corrected chi connectivity index (χ1v) is 14.5. The third-order valence-electron chi connectivity index (χ3n) is 6.36. The molecule has 0 radical (unpaired) electrons. The lowest BCUT2D eigenvalue weighted by Crippen LogP contribution is -2.46. The molecule has 18 heteroatoms. The average Bonchev–Trinajstić information content (AvgIpc) is 2.87. The topological polar surface area (TPSA) is 123 Å². The summed E-state index contributed by atoms with van der Waals surface area (Å²) >= 11 is 0. The Labute approximate surface area is 252 Å². The van der Waals surface area contributed by atoms with Crippen LogP contribution in [0.15, 0.2) is 47.4 Å². The molecule has 0 aliphatic carbocycles. The Hall–Kier alpha value is -3.92. The zero-order valence-electron chi connectivity index (χ0n) is 24.4. The number of hydrogen-bond donors (Lipinski definition) is 1. The number of aryl methyl sites for hydroxylation is 1. The number of aromatic nitrogens is 2. The first kappa shape index (κ1) is 34.0. The molecule has 45 heavy (non-hydrogen) atoms. The molecule has 0 spiro atoms. The summed E-state index contributed by atoms with van der Waals surface area (Å²) in [4.78, 5) is 42.7. The highest BCUT2D eigenvalue weighted by Gasteiger charge is 2.39. The number of phosphoric ester groups is 1. The van der Waals surface area contributed by atoms with E-state index in [2.05, 4.69) is 9.72 Å². The smallest absolute Gasteiger partial charge is 0.406 e. The number of rotatable bonds is 7. The zero-order chi connectivity index (χ0) is 33.7. The SMILES string of the molecule is Cc1cc(OC(F)(F)F)ccc1N1CN(c2ccc(=O)n(COP(=O)(O)OC(C)(C)C)c2C)C(=O)c2cc(C(F)(F)F)cnc21. The first-order valence-electron chi connectivity index (χ1n) is 13.0. The maximum atomic E-state index is 13.7. The lowest BCUT2D eigenvalue weighted by atomic mass is 10.1. The summed E-state index contributed by atoms with van der Waals surface area (Å²) in [6, 6.07) is 6.13. The van der Waals surface area contributed by atoms with E-state index in [1.807, 2.05) is 0 Å². The van der Waals surface area contributed by atoms with Gasteiger partial charge >= 0.3 is 20.4 Å². The lowest BCUT2D eigenvalue weighted by Gasteiger charge is -2.38. The van der Waals surface area contributed by atoms with Gasteiger partial charge in [-0.2, -0.15) is 13.2 Å². The molecule has 4 rings (SSSR count). The van der Waals surface area contributed by atoms with Crippen LogP contribution >= 0.6 is 7.82 Å². The number of amides is 1. The van der Waals surface area contributed by atoms with Gasteiger partial charge < -0.3 is 14.5 Å². The fraction of sp³-hybridized carbons (Fsp3) is 0.370. The summed E-state index contributed by atoms with van der Waals surface area (Å²) in [6.07, 6.45) is -9.31. The molecule has 1 unspecified atom stereocenters. The molecule has 3 aromatic rings. The minimum absolute atomic E-state index is 0.00968. The van der Waals surface area contributed by atoms with Crippen LogP contribution in [0, 0.1) is 13.8 Å². The van der Waals surface area contributed by atoms with Gasteiger partial charge in [-0.05, 0) is 70.5 Å². The van der Waals surface area contributed by atoms with Crippen molar-refractivity contribution in [2.75, 3.05) is 16.5 Å². The van der Waals surface area contributed by atoms with E-state index in [0.717, 1.165) is 27.7 Å². The predicted molar refractivity (Wildman–Crippen MR) is 148 cm³/mol. The van der Waals surface area contributed by atoms with E-state index in [4.69, 9.17) is 9.05 Å². The monoisotopic (exact) mass is 664 g/mol. The van der Waals surface area contributed by atoms with E-state index in [1.54, 1.807) is 0 Å². The van der Waals surface area contributed by atoms with Crippen LogP contribution in [-0.2, 0) is 26.5 Å². The van der Waals surface area contributed by atoms with E-state index >= 15 is 0 Å². The standard InChI is InChI=1S/C27H27F6N4O7P/c1-15-10-18(43-27(31,32)33)6-7-20(15)35-13-36(24(39)19-11-17(26(28,29)30)12-34-23(19)35)21-8-9-22(38)37(16(21)2)14-42-45(40,41)44-25(3,4)5/h6-12H,13-14H2,1-5H3,(H,40,41). The molecule has 1 aromatic carbocycles. The third-order valence-corrected chi connectivity index (χ3v) is 7.58. The average molecular weight is 664 g/mol. The van der Waals surface area contributed by atoms with Gasteiger partial charge in [0, 0.05) is 23.6 Å². The van der Waals surface area contributed by atoms with Gasteiger partial charge in [-0.15, -0.1) is 13.2 Å². The van der Waals surface area contributed by atoms with Crippen molar-refractivity contribution in [1.82, 2.24) is 9.55 Å². The van der Waals surface area contributed by atoms with Gasteiger partial charge in [-0.25, -0.2) is 9.55 Å². The van der Waals surface area contributed by atoms with Crippen molar-refractivity contribution in [3.05, 3.63) is 75.3 Å². The lowest BCUT2D eigenvalue weighted by molar-refractivity contribution is -0.274. The van der Waals surface area contributed by atoms with Crippen LogP contribution in [0.3, 0.4) is 0 Å². The number of alkyl halides is 6. The molecule has 0 bridgehead atoms. The molecule has 2 aromatic heterocycles. The predicted octanol–water partition coefficient (Wildman–Crippen LogP) is 6.42. The van der Waals surface area contributed by atoms with Crippen LogP contribution in [-0.4, -0.2) is 39.0 Å². The molecule has 1 amide bonds. The Morgan fingerprint density at radius 1 is 0.956 bits per heavy atom. The molecule has 1 aliphatic rings. The van der Waals surface area contributed by atoms with Crippen molar-refractivity contribution in [1.29, 1.82) is 0 Å². The van der Waals surface area contributed by atoms with Crippen molar-refractivity contribution >= 4 is 30.9 Å². The van der Waals surface area contributed by atoms with Crippen LogP contribution < -0.4 is 20.1 Å². The van der Waals surface area contributed by atoms with E-state index in [9.17, 15) is 45.4 Å². The fourth-order valence-electron chi connectivity index (χ4n) is 4.52. The van der Waals surface area contributed by atoms with Gasteiger partial charge in [0.2, 0.25) is 0 Å². The maximum absolute atomic E-state index is 13.7. The Balaban J connectivity index is 1.81. The minimum Gasteiger partial charge on any atom is -0.406 e. The molecule has 3 heterocycles. The molecule has 1 N–H and O–H groups in total. The quantitative estimate of drug-likeness (QED) is 0.225. The van der Waals surface area contributed by atoms with Gasteiger partial charge in [0.05, 0.1) is 22.4 Å². The molecular weight excluding hydrogens is 637 g/mol. The Kier molecular flexibility index (Phi) is 8.89. The number of carbonyl (C=O) groups excluding carboxylic acids is 1. The highest BCUT2D eigenvalue weighted by Crippen LogP contribution is 2.47. The maximum Gasteiger partial charge on any atom is 0.573 e. The summed E-state index contributed by atoms with van der Waals surface area (Å²) in [7, 11) is -4.66. The molecular formula is C27H27F6N4O7P. The highest BCUT2D eigenvalue weighted by atomic mass is 31.2. The van der Waals surface area contributed by atoms with Crippen molar-refractivity contribution in [2.24, 2.45) is 0 Å². The third kappa shape index (κ3) is 7.84. The zero-order valence-corrected chi connectivity index (χ0v) is 25.3. The number of fused-ring (bicyclic) bond motifs is 1. The van der Waals surface area contributed by atoms with Crippen molar-refractivity contribution in [3.63, 3.8) is 0 Å².